The van der Waals surface area contributed by atoms with E-state index in [4.69, 9.17) is 19.9 Å². The van der Waals surface area contributed by atoms with Gasteiger partial charge in [0.25, 0.3) is 0 Å². The molecule has 12 rings (SSSR count). The van der Waals surface area contributed by atoms with Gasteiger partial charge in [0.1, 0.15) is 5.69 Å². The summed E-state index contributed by atoms with van der Waals surface area (Å²) in [7, 11) is 0. The van der Waals surface area contributed by atoms with E-state index in [1.54, 1.807) is 12.4 Å². The minimum Gasteiger partial charge on any atom is -0.308 e. The zero-order valence-electron chi connectivity index (χ0n) is 30.7. The first-order valence-corrected chi connectivity index (χ1v) is 20.6. The highest BCUT2D eigenvalue weighted by atomic mass is 32.2. The van der Waals surface area contributed by atoms with E-state index in [9.17, 15) is 0 Å². The number of fused-ring (bicyclic) bond motifs is 12. The molecule has 4 aromatic carbocycles. The highest BCUT2D eigenvalue weighted by molar-refractivity contribution is 8.02. The van der Waals surface area contributed by atoms with Crippen LogP contribution in [0.5, 0.6) is 0 Å². The number of hydrogen-bond donors (Lipinski definition) is 0. The molecule has 9 aromatic rings. The van der Waals surface area contributed by atoms with Crippen LogP contribution in [0.4, 0.5) is 17.1 Å². The Balaban J connectivity index is 1.09. The normalized spacial score (nSPS) is 15.5. The van der Waals surface area contributed by atoms with E-state index in [0.29, 0.717) is 11.5 Å². The molecule has 1 aliphatic carbocycles. The standard InChI is InChI=1S/C49H29N7S2/c1-2-13-32(14-3-1)56-40-17-5-7-19-43(40)58-47-41(56)23-21-36-46(47)57-42-18-6-4-15-33(42)49(36)34-16-10-26-52-44(34)45-35(49)20-22-37(53-45)48-54-38(30-11-8-24-50-28-30)27-39(55-48)31-12-9-25-51-29-31/h1-29H. The molecule has 5 aromatic heterocycles. The second-order valence-electron chi connectivity index (χ2n) is 14.3. The van der Waals surface area contributed by atoms with Crippen LogP contribution in [-0.2, 0) is 5.41 Å². The molecule has 1 unspecified atom stereocenters. The SMILES string of the molecule is c1ccc(N2c3ccccc3Sc3c2ccc2c3Sc3ccccc3C23c2cccnc2-c2nc(-c4nc(-c5cccnc5)cc(-c5cccnc5)n4)ccc23)cc1. The summed E-state index contributed by atoms with van der Waals surface area (Å²) in [5.41, 5.74) is 13.2. The Morgan fingerprint density at radius 1 is 0.448 bits per heavy atom. The minimum absolute atomic E-state index is 0.520. The molecular weight excluding hydrogens is 751 g/mol. The van der Waals surface area contributed by atoms with Gasteiger partial charge in [0.15, 0.2) is 5.82 Å². The molecule has 3 aliphatic rings. The first-order valence-electron chi connectivity index (χ1n) is 19.0. The molecular formula is C49H29N7S2. The average Bonchev–Trinajstić information content (AvgIpc) is 3.59. The van der Waals surface area contributed by atoms with Gasteiger partial charge < -0.3 is 4.90 Å². The Morgan fingerprint density at radius 3 is 1.88 bits per heavy atom. The summed E-state index contributed by atoms with van der Waals surface area (Å²) in [6.45, 7) is 0. The highest BCUT2D eigenvalue weighted by Crippen LogP contribution is 2.65. The van der Waals surface area contributed by atoms with Crippen LogP contribution >= 0.6 is 23.5 Å². The Labute approximate surface area is 343 Å². The molecule has 0 fully saturated rings. The van der Waals surface area contributed by atoms with Crippen LogP contribution in [0.2, 0.25) is 0 Å². The number of aromatic nitrogens is 6. The minimum atomic E-state index is -0.662. The molecule has 0 saturated carbocycles. The van der Waals surface area contributed by atoms with Gasteiger partial charge in [-0.15, -0.1) is 0 Å². The van der Waals surface area contributed by atoms with Crippen LogP contribution < -0.4 is 4.90 Å². The number of nitrogens with zero attached hydrogens (tertiary/aromatic N) is 7. The van der Waals surface area contributed by atoms with E-state index in [1.807, 2.05) is 72.4 Å². The molecule has 1 spiro atoms. The number of para-hydroxylation sites is 2. The molecule has 272 valence electrons. The number of rotatable bonds is 4. The number of pyridine rings is 4. The van der Waals surface area contributed by atoms with Crippen molar-refractivity contribution >= 4 is 40.6 Å². The maximum Gasteiger partial charge on any atom is 0.179 e. The predicted molar refractivity (Wildman–Crippen MR) is 230 cm³/mol. The summed E-state index contributed by atoms with van der Waals surface area (Å²) in [6, 6.07) is 51.3. The van der Waals surface area contributed by atoms with Crippen molar-refractivity contribution in [2.45, 2.75) is 25.0 Å². The third-order valence-electron chi connectivity index (χ3n) is 11.2. The van der Waals surface area contributed by atoms with E-state index in [1.165, 1.54) is 42.1 Å². The van der Waals surface area contributed by atoms with Crippen molar-refractivity contribution in [1.82, 2.24) is 29.9 Å². The zero-order chi connectivity index (χ0) is 38.2. The van der Waals surface area contributed by atoms with Crippen LogP contribution in [0.1, 0.15) is 22.3 Å². The quantitative estimate of drug-likeness (QED) is 0.173. The Kier molecular flexibility index (Phi) is 7.48. The van der Waals surface area contributed by atoms with E-state index in [2.05, 4.69) is 130 Å². The van der Waals surface area contributed by atoms with Gasteiger partial charge in [-0.3, -0.25) is 15.0 Å². The maximum absolute atomic E-state index is 5.46. The van der Waals surface area contributed by atoms with Crippen molar-refractivity contribution in [1.29, 1.82) is 0 Å². The van der Waals surface area contributed by atoms with Crippen LogP contribution in [0.15, 0.2) is 196 Å². The third-order valence-corrected chi connectivity index (χ3v) is 13.7. The van der Waals surface area contributed by atoms with Gasteiger partial charge in [0.05, 0.1) is 44.5 Å². The van der Waals surface area contributed by atoms with Crippen LogP contribution in [0.25, 0.3) is 45.4 Å². The summed E-state index contributed by atoms with van der Waals surface area (Å²) < 4.78 is 0. The molecule has 0 radical (unpaired) electrons. The number of benzene rings is 4. The monoisotopic (exact) mass is 779 g/mol. The molecule has 2 aliphatic heterocycles. The Morgan fingerprint density at radius 2 is 1.10 bits per heavy atom. The molecule has 58 heavy (non-hydrogen) atoms. The molecule has 7 nitrogen and oxygen atoms in total. The number of hydrogen-bond acceptors (Lipinski definition) is 9. The molecule has 0 saturated heterocycles. The Hall–Kier alpha value is -6.94. The fraction of sp³-hybridized carbons (Fsp3) is 0.0204. The molecule has 0 bridgehead atoms. The molecule has 7 heterocycles. The van der Waals surface area contributed by atoms with E-state index >= 15 is 0 Å². The topological polar surface area (TPSA) is 80.6 Å². The largest absolute Gasteiger partial charge is 0.308 e. The lowest BCUT2D eigenvalue weighted by Crippen LogP contribution is -2.32. The first-order chi connectivity index (χ1) is 28.8. The lowest BCUT2D eigenvalue weighted by molar-refractivity contribution is 0.711. The smallest absolute Gasteiger partial charge is 0.179 e. The summed E-state index contributed by atoms with van der Waals surface area (Å²) in [6.07, 6.45) is 9.05. The highest BCUT2D eigenvalue weighted by Gasteiger charge is 2.52. The van der Waals surface area contributed by atoms with Crippen LogP contribution in [-0.4, -0.2) is 29.9 Å². The van der Waals surface area contributed by atoms with E-state index < -0.39 is 5.41 Å². The van der Waals surface area contributed by atoms with Gasteiger partial charge in [0, 0.05) is 62.5 Å². The summed E-state index contributed by atoms with van der Waals surface area (Å²) in [5, 5.41) is 0. The van der Waals surface area contributed by atoms with E-state index in [0.717, 1.165) is 50.7 Å². The summed E-state index contributed by atoms with van der Waals surface area (Å²) in [5.74, 6) is 0.520. The summed E-state index contributed by atoms with van der Waals surface area (Å²) >= 11 is 3.71. The third kappa shape index (κ3) is 4.90. The van der Waals surface area contributed by atoms with Crippen molar-refractivity contribution < 1.29 is 0 Å². The van der Waals surface area contributed by atoms with Crippen molar-refractivity contribution in [3.63, 3.8) is 0 Å². The second kappa shape index (κ2) is 13.1. The lowest BCUT2D eigenvalue weighted by atomic mass is 9.67. The molecule has 0 N–H and O–H groups in total. The number of anilines is 3. The fourth-order valence-electron chi connectivity index (χ4n) is 8.74. The molecule has 1 atom stereocenters. The second-order valence-corrected chi connectivity index (χ2v) is 16.4. The van der Waals surface area contributed by atoms with Gasteiger partial charge in [-0.05, 0) is 101 Å². The van der Waals surface area contributed by atoms with Crippen molar-refractivity contribution in [2.75, 3.05) is 4.90 Å². The van der Waals surface area contributed by atoms with Crippen LogP contribution in [0.3, 0.4) is 0 Å². The van der Waals surface area contributed by atoms with Crippen molar-refractivity contribution in [3.05, 3.63) is 199 Å². The lowest BCUT2D eigenvalue weighted by Gasteiger charge is -2.42. The molecule has 0 amide bonds. The van der Waals surface area contributed by atoms with E-state index in [-0.39, 0.29) is 0 Å². The van der Waals surface area contributed by atoms with Crippen molar-refractivity contribution in [3.8, 4) is 45.4 Å². The Bertz CT molecular complexity index is 3030. The summed E-state index contributed by atoms with van der Waals surface area (Å²) in [4.78, 5) is 36.8. The fourth-order valence-corrected chi connectivity index (χ4v) is 11.3. The first kappa shape index (κ1) is 33.2. The average molecular weight is 780 g/mol. The zero-order valence-corrected chi connectivity index (χ0v) is 32.3. The van der Waals surface area contributed by atoms with Crippen LogP contribution in [0, 0.1) is 0 Å². The maximum atomic E-state index is 5.46. The van der Waals surface area contributed by atoms with Gasteiger partial charge in [-0.1, -0.05) is 90.3 Å². The molecule has 9 heteroatoms. The van der Waals surface area contributed by atoms with Gasteiger partial charge in [-0.2, -0.15) is 0 Å². The van der Waals surface area contributed by atoms with Gasteiger partial charge in [-0.25, -0.2) is 15.0 Å². The van der Waals surface area contributed by atoms with Crippen molar-refractivity contribution in [2.24, 2.45) is 0 Å². The van der Waals surface area contributed by atoms with Gasteiger partial charge >= 0.3 is 0 Å². The predicted octanol–water partition coefficient (Wildman–Crippen LogP) is 11.8. The van der Waals surface area contributed by atoms with Gasteiger partial charge in [0.2, 0.25) is 0 Å².